The number of nitrogens with one attached hydrogen (secondary N) is 1. The van der Waals surface area contributed by atoms with Gasteiger partial charge in [0.1, 0.15) is 0 Å². The van der Waals surface area contributed by atoms with Crippen LogP contribution in [0.15, 0.2) is 6.20 Å². The fourth-order valence-corrected chi connectivity index (χ4v) is 2.01. The molecule has 1 unspecified atom stereocenters. The van der Waals surface area contributed by atoms with Crippen LogP contribution in [0.5, 0.6) is 0 Å². The zero-order valence-electron chi connectivity index (χ0n) is 7.95. The molecule has 0 aliphatic carbocycles. The van der Waals surface area contributed by atoms with Gasteiger partial charge in [-0.3, -0.25) is 10.00 Å². The molecule has 0 saturated carbocycles. The number of anilines is 1. The summed E-state index contributed by atoms with van der Waals surface area (Å²) < 4.78 is 0. The molecule has 4 nitrogen and oxygen atoms in total. The molecule has 1 fully saturated rings. The Morgan fingerprint density at radius 3 is 3.08 bits per heavy atom. The van der Waals surface area contributed by atoms with Crippen LogP contribution < -0.4 is 5.73 Å². The first-order chi connectivity index (χ1) is 6.29. The normalized spacial score (nSPS) is 24.8. The van der Waals surface area contributed by atoms with E-state index in [9.17, 15) is 0 Å². The van der Waals surface area contributed by atoms with E-state index < -0.39 is 0 Å². The molecule has 1 atom stereocenters. The van der Waals surface area contributed by atoms with E-state index >= 15 is 0 Å². The molecule has 0 bridgehead atoms. The number of hydrogen-bond acceptors (Lipinski definition) is 3. The van der Waals surface area contributed by atoms with E-state index in [0.717, 1.165) is 17.9 Å². The van der Waals surface area contributed by atoms with Gasteiger partial charge in [0.25, 0.3) is 0 Å². The Labute approximate surface area is 78.1 Å². The predicted octanol–water partition coefficient (Wildman–Crippen LogP) is 1.15. The number of rotatable bonds is 1. The fraction of sp³-hybridized carbons (Fsp3) is 0.667. The third kappa shape index (κ3) is 1.54. The summed E-state index contributed by atoms with van der Waals surface area (Å²) in [5.74, 6) is 0. The average Bonchev–Trinajstić information content (AvgIpc) is 2.52. The third-order valence-corrected chi connectivity index (χ3v) is 2.80. The van der Waals surface area contributed by atoms with Crippen molar-refractivity contribution in [3.63, 3.8) is 0 Å². The summed E-state index contributed by atoms with van der Waals surface area (Å²) in [4.78, 5) is 2.34. The van der Waals surface area contributed by atoms with Gasteiger partial charge in [0.05, 0.1) is 23.6 Å². The van der Waals surface area contributed by atoms with Crippen molar-refractivity contribution in [1.82, 2.24) is 15.1 Å². The molecule has 1 aromatic rings. The van der Waals surface area contributed by atoms with Gasteiger partial charge >= 0.3 is 0 Å². The van der Waals surface area contributed by atoms with Gasteiger partial charge in [-0.15, -0.1) is 0 Å². The molecule has 0 radical (unpaired) electrons. The van der Waals surface area contributed by atoms with Crippen molar-refractivity contribution in [2.75, 3.05) is 19.3 Å². The zero-order chi connectivity index (χ0) is 9.26. The smallest absolute Gasteiger partial charge is 0.0753 e. The third-order valence-electron chi connectivity index (χ3n) is 2.80. The molecule has 0 aromatic carbocycles. The molecule has 2 heterocycles. The lowest BCUT2D eigenvalue weighted by atomic mass is 10.00. The van der Waals surface area contributed by atoms with Gasteiger partial charge in [0, 0.05) is 0 Å². The van der Waals surface area contributed by atoms with Crippen molar-refractivity contribution < 1.29 is 0 Å². The highest BCUT2D eigenvalue weighted by Gasteiger charge is 2.23. The Morgan fingerprint density at radius 2 is 2.46 bits per heavy atom. The van der Waals surface area contributed by atoms with Crippen molar-refractivity contribution >= 4 is 5.69 Å². The van der Waals surface area contributed by atoms with Crippen LogP contribution >= 0.6 is 0 Å². The van der Waals surface area contributed by atoms with Crippen LogP contribution in [0.25, 0.3) is 0 Å². The monoisotopic (exact) mass is 180 g/mol. The Morgan fingerprint density at radius 1 is 1.62 bits per heavy atom. The maximum atomic E-state index is 5.81. The van der Waals surface area contributed by atoms with E-state index in [4.69, 9.17) is 5.73 Å². The van der Waals surface area contributed by atoms with Crippen LogP contribution in [0.3, 0.4) is 0 Å². The van der Waals surface area contributed by atoms with E-state index in [1.54, 1.807) is 6.20 Å². The van der Waals surface area contributed by atoms with E-state index in [-0.39, 0.29) is 0 Å². The van der Waals surface area contributed by atoms with Gasteiger partial charge in [-0.25, -0.2) is 0 Å². The summed E-state index contributed by atoms with van der Waals surface area (Å²) in [6, 6.07) is 0.441. The van der Waals surface area contributed by atoms with Gasteiger partial charge in [0.2, 0.25) is 0 Å². The number of aromatic amines is 1. The Balaban J connectivity index is 2.19. The zero-order valence-corrected chi connectivity index (χ0v) is 7.95. The summed E-state index contributed by atoms with van der Waals surface area (Å²) in [7, 11) is 2.14. The van der Waals surface area contributed by atoms with Crippen LogP contribution in [0.2, 0.25) is 0 Å². The first-order valence-electron chi connectivity index (χ1n) is 4.78. The van der Waals surface area contributed by atoms with Crippen LogP contribution in [-0.2, 0) is 0 Å². The molecular weight excluding hydrogens is 164 g/mol. The van der Waals surface area contributed by atoms with E-state index in [2.05, 4.69) is 22.1 Å². The molecule has 13 heavy (non-hydrogen) atoms. The summed E-state index contributed by atoms with van der Waals surface area (Å²) >= 11 is 0. The molecule has 2 rings (SSSR count). The predicted molar refractivity (Wildman–Crippen MR) is 52.2 cm³/mol. The SMILES string of the molecule is CN1CCCCC1c1[nH]ncc1N. The topological polar surface area (TPSA) is 57.9 Å². The van der Waals surface area contributed by atoms with Crippen LogP contribution in [-0.4, -0.2) is 28.7 Å². The number of piperidine rings is 1. The second-order valence-electron chi connectivity index (χ2n) is 3.73. The highest BCUT2D eigenvalue weighted by atomic mass is 15.2. The Kier molecular flexibility index (Phi) is 2.22. The maximum absolute atomic E-state index is 5.81. The molecule has 72 valence electrons. The van der Waals surface area contributed by atoms with Crippen LogP contribution in [0, 0.1) is 0 Å². The van der Waals surface area contributed by atoms with Gasteiger partial charge in [0.15, 0.2) is 0 Å². The number of nitrogens with two attached hydrogens (primary N) is 1. The second-order valence-corrected chi connectivity index (χ2v) is 3.73. The Bertz CT molecular complexity index is 281. The number of nitrogen functional groups attached to an aromatic ring is 1. The van der Waals surface area contributed by atoms with Crippen LogP contribution in [0.1, 0.15) is 31.0 Å². The minimum absolute atomic E-state index is 0.441. The quantitative estimate of drug-likeness (QED) is 0.681. The average molecular weight is 180 g/mol. The van der Waals surface area contributed by atoms with Gasteiger partial charge < -0.3 is 5.73 Å². The molecule has 4 heteroatoms. The fourth-order valence-electron chi connectivity index (χ4n) is 2.01. The minimum Gasteiger partial charge on any atom is -0.396 e. The summed E-state index contributed by atoms with van der Waals surface area (Å²) in [5, 5.41) is 6.94. The lowest BCUT2D eigenvalue weighted by Crippen LogP contribution is -2.30. The number of nitrogens with zero attached hydrogens (tertiary/aromatic N) is 2. The molecule has 1 aromatic heterocycles. The summed E-state index contributed by atoms with van der Waals surface area (Å²) in [5.41, 5.74) is 7.69. The molecule has 3 N–H and O–H groups in total. The molecular formula is C9H16N4. The van der Waals surface area contributed by atoms with Gasteiger partial charge in [-0.1, -0.05) is 6.42 Å². The highest BCUT2D eigenvalue weighted by Crippen LogP contribution is 2.30. The molecule has 1 saturated heterocycles. The van der Waals surface area contributed by atoms with Crippen molar-refractivity contribution in [3.05, 3.63) is 11.9 Å². The number of aromatic nitrogens is 2. The number of likely N-dealkylation sites (tertiary alicyclic amines) is 1. The first kappa shape index (κ1) is 8.56. The first-order valence-corrected chi connectivity index (χ1v) is 4.78. The van der Waals surface area contributed by atoms with E-state index in [1.165, 1.54) is 19.3 Å². The largest absolute Gasteiger partial charge is 0.396 e. The van der Waals surface area contributed by atoms with Gasteiger partial charge in [-0.05, 0) is 26.4 Å². The summed E-state index contributed by atoms with van der Waals surface area (Å²) in [6.45, 7) is 1.16. The minimum atomic E-state index is 0.441. The van der Waals surface area contributed by atoms with Crippen molar-refractivity contribution in [2.45, 2.75) is 25.3 Å². The number of H-pyrrole nitrogens is 1. The standard InChI is InChI=1S/C9H16N4/c1-13-5-3-2-4-8(13)9-7(10)6-11-12-9/h6,8H,2-5,10H2,1H3,(H,11,12). The molecule has 0 spiro atoms. The molecule has 1 aliphatic heterocycles. The maximum Gasteiger partial charge on any atom is 0.0753 e. The van der Waals surface area contributed by atoms with E-state index in [1.807, 2.05) is 0 Å². The van der Waals surface area contributed by atoms with E-state index in [0.29, 0.717) is 6.04 Å². The molecule has 1 aliphatic rings. The van der Waals surface area contributed by atoms with Gasteiger partial charge in [-0.2, -0.15) is 5.10 Å². The number of hydrogen-bond donors (Lipinski definition) is 2. The lowest BCUT2D eigenvalue weighted by molar-refractivity contribution is 0.184. The lowest BCUT2D eigenvalue weighted by Gasteiger charge is -2.31. The highest BCUT2D eigenvalue weighted by molar-refractivity contribution is 5.42. The van der Waals surface area contributed by atoms with Crippen molar-refractivity contribution in [1.29, 1.82) is 0 Å². The molecule has 0 amide bonds. The van der Waals surface area contributed by atoms with Crippen molar-refractivity contribution in [3.8, 4) is 0 Å². The summed E-state index contributed by atoms with van der Waals surface area (Å²) in [6.07, 6.45) is 5.45. The second kappa shape index (κ2) is 3.38. The van der Waals surface area contributed by atoms with Crippen LogP contribution in [0.4, 0.5) is 5.69 Å². The van der Waals surface area contributed by atoms with Crippen molar-refractivity contribution in [2.24, 2.45) is 0 Å². The Hall–Kier alpha value is -1.03.